The number of rotatable bonds is 5. The summed E-state index contributed by atoms with van der Waals surface area (Å²) in [4.78, 5) is 0. The molecule has 2 bridgehead atoms. The second-order valence-electron chi connectivity index (χ2n) is 9.09. The van der Waals surface area contributed by atoms with Crippen LogP contribution in [-0.4, -0.2) is 70.9 Å². The maximum Gasteiger partial charge on any atom is 0.333 e. The lowest BCUT2D eigenvalue weighted by molar-refractivity contribution is -0.246. The third kappa shape index (κ3) is 4.87. The van der Waals surface area contributed by atoms with Crippen molar-refractivity contribution in [3.05, 3.63) is 0 Å². The Hall–Kier alpha value is 0.500. The van der Waals surface area contributed by atoms with Gasteiger partial charge in [-0.3, -0.25) is 0 Å². The molecule has 0 aromatic rings. The molecule has 0 saturated carbocycles. The summed E-state index contributed by atoms with van der Waals surface area (Å²) < 4.78 is 52.8. The molecule has 4 rings (SSSR count). The second kappa shape index (κ2) is 8.56. The largest absolute Gasteiger partial charge is 0.370 e. The van der Waals surface area contributed by atoms with Crippen molar-refractivity contribution in [2.24, 2.45) is 10.8 Å². The summed E-state index contributed by atoms with van der Waals surface area (Å²) in [6, 6.07) is 0. The van der Waals surface area contributed by atoms with Crippen LogP contribution in [0.25, 0.3) is 0 Å². The minimum Gasteiger partial charge on any atom is -0.370 e. The van der Waals surface area contributed by atoms with Gasteiger partial charge in [-0.05, 0) is 0 Å². The van der Waals surface area contributed by atoms with Crippen molar-refractivity contribution in [1.82, 2.24) is 0 Å². The van der Waals surface area contributed by atoms with E-state index in [1.54, 1.807) is 7.11 Å². The van der Waals surface area contributed by atoms with E-state index in [0.29, 0.717) is 33.0 Å². The highest BCUT2D eigenvalue weighted by molar-refractivity contribution is 7.42. The number of fused-ring (bicyclic) bond motifs is 2. The van der Waals surface area contributed by atoms with Crippen molar-refractivity contribution in [2.45, 2.75) is 58.4 Å². The maximum absolute atomic E-state index is 6.12. The highest BCUT2D eigenvalue weighted by atomic mass is 31.2. The van der Waals surface area contributed by atoms with Gasteiger partial charge in [0.1, 0.15) is 24.4 Å². The molecule has 11 heteroatoms. The normalized spacial score (nSPS) is 41.2. The van der Waals surface area contributed by atoms with Crippen LogP contribution in [0.15, 0.2) is 0 Å². The van der Waals surface area contributed by atoms with E-state index in [4.69, 9.17) is 41.4 Å². The first-order valence-corrected chi connectivity index (χ1v) is 11.7. The van der Waals surface area contributed by atoms with Crippen LogP contribution in [0.3, 0.4) is 0 Å². The molecule has 0 aromatic heterocycles. The third-order valence-electron chi connectivity index (χ3n) is 4.93. The molecule has 0 radical (unpaired) electrons. The molecule has 162 valence electrons. The van der Waals surface area contributed by atoms with Gasteiger partial charge in [0.25, 0.3) is 0 Å². The average Bonchev–Trinajstić information content (AvgIpc) is 2.93. The molecule has 4 fully saturated rings. The summed E-state index contributed by atoms with van der Waals surface area (Å²) in [7, 11) is -1.37. The Kier molecular flexibility index (Phi) is 6.64. The molecule has 4 saturated heterocycles. The highest BCUT2D eigenvalue weighted by Gasteiger charge is 2.56. The summed E-state index contributed by atoms with van der Waals surface area (Å²) >= 11 is 0. The van der Waals surface area contributed by atoms with Crippen molar-refractivity contribution in [3.63, 3.8) is 0 Å². The molecule has 28 heavy (non-hydrogen) atoms. The SMILES string of the molecule is CO[C@H]1O[C@@H]2CO[C@@H]([C@H]1OP1OCC(C)(C)CO1)[C@@H]2OP1OCC(C)(C)CO1. The Morgan fingerprint density at radius 3 is 1.79 bits per heavy atom. The highest BCUT2D eigenvalue weighted by Crippen LogP contribution is 2.53. The number of ether oxygens (including phenoxy) is 3. The van der Waals surface area contributed by atoms with Crippen LogP contribution in [0.1, 0.15) is 27.7 Å². The molecule has 0 amide bonds. The molecule has 4 heterocycles. The smallest absolute Gasteiger partial charge is 0.333 e. The van der Waals surface area contributed by atoms with Crippen molar-refractivity contribution in [3.8, 4) is 0 Å². The zero-order valence-corrected chi connectivity index (χ0v) is 18.8. The van der Waals surface area contributed by atoms with Crippen molar-refractivity contribution >= 4 is 17.2 Å². The molecule has 0 spiro atoms. The lowest BCUT2D eigenvalue weighted by Gasteiger charge is -2.42. The average molecular weight is 440 g/mol. The van der Waals surface area contributed by atoms with Crippen LogP contribution in [0.2, 0.25) is 0 Å². The molecule has 4 aliphatic heterocycles. The summed E-state index contributed by atoms with van der Waals surface area (Å²) in [6.45, 7) is 11.1. The molecule has 4 aliphatic rings. The Morgan fingerprint density at radius 1 is 0.786 bits per heavy atom. The minimum absolute atomic E-state index is 0.0143. The van der Waals surface area contributed by atoms with Crippen LogP contribution in [0, 0.1) is 10.8 Å². The minimum atomic E-state index is -1.50. The lowest BCUT2D eigenvalue weighted by Crippen LogP contribution is -2.55. The van der Waals surface area contributed by atoms with E-state index in [-0.39, 0.29) is 29.1 Å². The van der Waals surface area contributed by atoms with Gasteiger partial charge in [-0.2, -0.15) is 0 Å². The lowest BCUT2D eigenvalue weighted by atomic mass is 9.97. The van der Waals surface area contributed by atoms with Gasteiger partial charge in [0.2, 0.25) is 0 Å². The van der Waals surface area contributed by atoms with Gasteiger partial charge < -0.3 is 41.4 Å². The first-order valence-electron chi connectivity index (χ1n) is 9.52. The first-order chi connectivity index (χ1) is 13.3. The zero-order chi connectivity index (χ0) is 19.9. The van der Waals surface area contributed by atoms with Gasteiger partial charge >= 0.3 is 17.2 Å². The van der Waals surface area contributed by atoms with Gasteiger partial charge in [0, 0.05) is 17.9 Å². The van der Waals surface area contributed by atoms with Crippen LogP contribution in [-0.2, 0) is 41.4 Å². The summed E-state index contributed by atoms with van der Waals surface area (Å²) in [5, 5.41) is 0. The van der Waals surface area contributed by atoms with E-state index in [0.717, 1.165) is 0 Å². The third-order valence-corrected chi connectivity index (χ3v) is 7.13. The quantitative estimate of drug-likeness (QED) is 0.599. The van der Waals surface area contributed by atoms with Gasteiger partial charge in [0.15, 0.2) is 6.29 Å². The summed E-state index contributed by atoms with van der Waals surface area (Å²) in [5.41, 5.74) is -0.0435. The zero-order valence-electron chi connectivity index (χ0n) is 17.0. The van der Waals surface area contributed by atoms with Gasteiger partial charge in [0.05, 0.1) is 33.0 Å². The van der Waals surface area contributed by atoms with E-state index in [1.165, 1.54) is 0 Å². The Bertz CT molecular complexity index is 529. The Morgan fingerprint density at radius 2 is 1.29 bits per heavy atom. The Labute approximate surface area is 168 Å². The second-order valence-corrected chi connectivity index (χ2v) is 11.4. The number of methoxy groups -OCH3 is 1. The fourth-order valence-electron chi connectivity index (χ4n) is 3.23. The molecule has 0 N–H and O–H groups in total. The molecule has 0 unspecified atom stereocenters. The predicted octanol–water partition coefficient (Wildman–Crippen LogP) is 3.13. The van der Waals surface area contributed by atoms with E-state index < -0.39 is 29.6 Å². The first kappa shape index (κ1) is 21.7. The van der Waals surface area contributed by atoms with E-state index >= 15 is 0 Å². The molecule has 9 nitrogen and oxygen atoms in total. The molecule has 0 aromatic carbocycles. The molecule has 5 atom stereocenters. The van der Waals surface area contributed by atoms with Crippen LogP contribution >= 0.6 is 17.2 Å². The summed E-state index contributed by atoms with van der Waals surface area (Å²) in [6.07, 6.45) is -2.11. The predicted molar refractivity (Wildman–Crippen MR) is 100 cm³/mol. The van der Waals surface area contributed by atoms with Crippen molar-refractivity contribution in [2.75, 3.05) is 40.1 Å². The number of hydrogen-bond acceptors (Lipinski definition) is 9. The number of hydrogen-bond donors (Lipinski definition) is 0. The fourth-order valence-corrected chi connectivity index (χ4v) is 6.31. The molecular weight excluding hydrogens is 410 g/mol. The monoisotopic (exact) mass is 440 g/mol. The maximum atomic E-state index is 6.12. The van der Waals surface area contributed by atoms with Crippen LogP contribution in [0.5, 0.6) is 0 Å². The Balaban J connectivity index is 1.38. The summed E-state index contributed by atoms with van der Waals surface area (Å²) in [5.74, 6) is 0. The van der Waals surface area contributed by atoms with Gasteiger partial charge in [-0.15, -0.1) is 0 Å². The molecule has 0 aliphatic carbocycles. The van der Waals surface area contributed by atoms with E-state index in [1.807, 2.05) is 0 Å². The van der Waals surface area contributed by atoms with Gasteiger partial charge in [-0.25, -0.2) is 0 Å². The van der Waals surface area contributed by atoms with Crippen LogP contribution in [0.4, 0.5) is 0 Å². The standard InChI is InChI=1S/C17H30O9P2/c1-16(2)7-20-27(21-8-16)25-12-11-6-19-13(12)14(15(18-5)24-11)26-28-22-9-17(3,4)10-23-28/h11-15H,6-10H2,1-5H3/t11-,12-,13-,14-,15+/m1/s1. The fraction of sp³-hybridized carbons (Fsp3) is 1.00. The van der Waals surface area contributed by atoms with Gasteiger partial charge in [-0.1, -0.05) is 27.7 Å². The van der Waals surface area contributed by atoms with E-state index in [2.05, 4.69) is 27.7 Å². The molecular formula is C17H30O9P2. The van der Waals surface area contributed by atoms with Crippen LogP contribution < -0.4 is 0 Å². The van der Waals surface area contributed by atoms with E-state index in [9.17, 15) is 0 Å². The topological polar surface area (TPSA) is 83.1 Å². The van der Waals surface area contributed by atoms with Crippen molar-refractivity contribution < 1.29 is 41.4 Å². The van der Waals surface area contributed by atoms with Crippen molar-refractivity contribution in [1.29, 1.82) is 0 Å².